The number of nitrogens with one attached hydrogen (secondary N) is 1. The van der Waals surface area contributed by atoms with Crippen molar-refractivity contribution < 1.29 is 14.2 Å². The van der Waals surface area contributed by atoms with E-state index in [0.717, 1.165) is 35.0 Å². The molecule has 0 aliphatic rings. The molecule has 1 heterocycles. The minimum Gasteiger partial charge on any atom is -0.490 e. The normalized spacial score (nSPS) is 10.5. The number of rotatable bonds is 10. The van der Waals surface area contributed by atoms with Crippen LogP contribution in [0.15, 0.2) is 42.7 Å². The van der Waals surface area contributed by atoms with E-state index < -0.39 is 0 Å². The van der Waals surface area contributed by atoms with Crippen molar-refractivity contribution in [3.8, 4) is 23.8 Å². The fraction of sp³-hybridized carbons (Fsp3) is 0.304. The van der Waals surface area contributed by atoms with Crippen LogP contribution in [-0.4, -0.2) is 36.9 Å². The summed E-state index contributed by atoms with van der Waals surface area (Å²) < 4.78 is 16.9. The first kappa shape index (κ1) is 20.4. The summed E-state index contributed by atoms with van der Waals surface area (Å²) in [5.74, 6) is 4.61. The van der Waals surface area contributed by atoms with E-state index in [1.807, 2.05) is 36.4 Å². The quantitative estimate of drug-likeness (QED) is 0.404. The summed E-state index contributed by atoms with van der Waals surface area (Å²) in [5.41, 5.74) is 2.41. The molecule has 1 N–H and O–H groups in total. The lowest BCUT2D eigenvalue weighted by Crippen LogP contribution is -2.07. The van der Waals surface area contributed by atoms with Crippen molar-refractivity contribution in [2.45, 2.75) is 19.8 Å². The Hall–Kier alpha value is -3.30. The summed E-state index contributed by atoms with van der Waals surface area (Å²) in [5, 5.41) is 4.15. The molecule has 1 aromatic heterocycles. The van der Waals surface area contributed by atoms with Crippen LogP contribution in [0.2, 0.25) is 0 Å². The van der Waals surface area contributed by atoms with E-state index in [1.54, 1.807) is 7.11 Å². The van der Waals surface area contributed by atoms with Gasteiger partial charge in [-0.3, -0.25) is 0 Å². The van der Waals surface area contributed by atoms with Crippen LogP contribution in [0.1, 0.15) is 25.3 Å². The van der Waals surface area contributed by atoms with Gasteiger partial charge in [0.15, 0.2) is 11.5 Å². The van der Waals surface area contributed by atoms with Crippen molar-refractivity contribution in [2.75, 3.05) is 32.2 Å². The first-order chi connectivity index (χ1) is 14.2. The topological polar surface area (TPSA) is 65.5 Å². The summed E-state index contributed by atoms with van der Waals surface area (Å²) in [6, 6.07) is 11.4. The molecular formula is C23H25N3O3. The summed E-state index contributed by atoms with van der Waals surface area (Å²) in [4.78, 5) is 8.81. The van der Waals surface area contributed by atoms with Gasteiger partial charge >= 0.3 is 0 Å². The predicted octanol–water partition coefficient (Wildman–Crippen LogP) is 4.56. The summed E-state index contributed by atoms with van der Waals surface area (Å²) >= 11 is 0. The molecule has 3 aromatic rings. The number of anilines is 2. The lowest BCUT2D eigenvalue weighted by Gasteiger charge is -2.15. The summed E-state index contributed by atoms with van der Waals surface area (Å²) in [6.45, 7) is 3.66. The predicted molar refractivity (Wildman–Crippen MR) is 115 cm³/mol. The van der Waals surface area contributed by atoms with Gasteiger partial charge in [0.25, 0.3) is 0 Å². The third-order valence-electron chi connectivity index (χ3n) is 4.29. The van der Waals surface area contributed by atoms with Gasteiger partial charge in [-0.1, -0.05) is 25.3 Å². The SMILES string of the molecule is C#Cc1cccc(Nc2ncnc3cc(OCCCC)c(OCCOC)cc23)c1. The third-order valence-corrected chi connectivity index (χ3v) is 4.29. The highest BCUT2D eigenvalue weighted by Gasteiger charge is 2.13. The standard InChI is InChI=1S/C23H25N3O3/c1-4-6-10-28-22-15-20-19(14-21(22)29-12-11-27-3)23(25-16-24-20)26-18-9-7-8-17(5-2)13-18/h2,7-9,13-16H,4,6,10-12H2,1,3H3,(H,24,25,26). The molecule has 0 saturated carbocycles. The maximum Gasteiger partial charge on any atom is 0.163 e. The molecular weight excluding hydrogens is 366 g/mol. The average molecular weight is 391 g/mol. The van der Waals surface area contributed by atoms with Gasteiger partial charge in [-0.15, -0.1) is 6.42 Å². The zero-order chi connectivity index (χ0) is 20.5. The first-order valence-electron chi connectivity index (χ1n) is 9.62. The average Bonchev–Trinajstić information content (AvgIpc) is 2.75. The highest BCUT2D eigenvalue weighted by Crippen LogP contribution is 2.35. The van der Waals surface area contributed by atoms with Gasteiger partial charge in [-0.25, -0.2) is 9.97 Å². The smallest absolute Gasteiger partial charge is 0.163 e. The zero-order valence-corrected chi connectivity index (χ0v) is 16.8. The highest BCUT2D eigenvalue weighted by molar-refractivity contribution is 5.93. The molecule has 0 aliphatic carbocycles. The second kappa shape index (κ2) is 10.3. The maximum absolute atomic E-state index is 5.94. The molecule has 0 amide bonds. The molecule has 0 aliphatic heterocycles. The number of ether oxygens (including phenoxy) is 3. The summed E-state index contributed by atoms with van der Waals surface area (Å²) in [7, 11) is 1.64. The zero-order valence-electron chi connectivity index (χ0n) is 16.8. The lowest BCUT2D eigenvalue weighted by atomic mass is 10.2. The van der Waals surface area contributed by atoms with Crippen molar-refractivity contribution >= 4 is 22.4 Å². The van der Waals surface area contributed by atoms with Gasteiger partial charge in [0.05, 0.1) is 18.7 Å². The Bertz CT molecular complexity index is 998. The van der Waals surface area contributed by atoms with Gasteiger partial charge in [-0.2, -0.15) is 0 Å². The lowest BCUT2D eigenvalue weighted by molar-refractivity contribution is 0.143. The number of unbranched alkanes of at least 4 members (excludes halogenated alkanes) is 1. The minimum absolute atomic E-state index is 0.423. The number of hydrogen-bond donors (Lipinski definition) is 1. The number of terminal acetylenes is 1. The van der Waals surface area contributed by atoms with Crippen molar-refractivity contribution in [1.82, 2.24) is 9.97 Å². The molecule has 0 spiro atoms. The second-order valence-electron chi connectivity index (χ2n) is 6.43. The molecule has 0 bridgehead atoms. The first-order valence-corrected chi connectivity index (χ1v) is 9.62. The third kappa shape index (κ3) is 5.37. The molecule has 0 radical (unpaired) electrons. The molecule has 3 rings (SSSR count). The van der Waals surface area contributed by atoms with E-state index >= 15 is 0 Å². The van der Waals surface area contributed by atoms with Crippen LogP contribution >= 0.6 is 0 Å². The van der Waals surface area contributed by atoms with Crippen molar-refractivity contribution in [1.29, 1.82) is 0 Å². The maximum atomic E-state index is 5.94. The minimum atomic E-state index is 0.423. The molecule has 0 fully saturated rings. The number of aromatic nitrogens is 2. The highest BCUT2D eigenvalue weighted by atomic mass is 16.5. The van der Waals surface area contributed by atoms with E-state index in [0.29, 0.717) is 37.1 Å². The van der Waals surface area contributed by atoms with Gasteiger partial charge in [-0.05, 0) is 30.7 Å². The van der Waals surface area contributed by atoms with Crippen LogP contribution in [0, 0.1) is 12.3 Å². The molecule has 0 atom stereocenters. The van der Waals surface area contributed by atoms with E-state index in [9.17, 15) is 0 Å². The monoisotopic (exact) mass is 391 g/mol. The van der Waals surface area contributed by atoms with Crippen molar-refractivity contribution in [3.05, 3.63) is 48.3 Å². The molecule has 0 saturated heterocycles. The molecule has 29 heavy (non-hydrogen) atoms. The molecule has 2 aromatic carbocycles. The van der Waals surface area contributed by atoms with E-state index in [4.69, 9.17) is 20.6 Å². The van der Waals surface area contributed by atoms with Crippen LogP contribution in [0.3, 0.4) is 0 Å². The Morgan fingerprint density at radius 1 is 1.03 bits per heavy atom. The van der Waals surface area contributed by atoms with E-state index in [2.05, 4.69) is 28.1 Å². The Balaban J connectivity index is 1.96. The Labute approximate surface area is 171 Å². The number of nitrogens with zero attached hydrogens (tertiary/aromatic N) is 2. The summed E-state index contributed by atoms with van der Waals surface area (Å²) in [6.07, 6.45) is 9.05. The fourth-order valence-electron chi connectivity index (χ4n) is 2.77. The number of hydrogen-bond acceptors (Lipinski definition) is 6. The molecule has 6 nitrogen and oxygen atoms in total. The van der Waals surface area contributed by atoms with Gasteiger partial charge in [0.1, 0.15) is 18.8 Å². The van der Waals surface area contributed by atoms with Crippen LogP contribution in [0.4, 0.5) is 11.5 Å². The van der Waals surface area contributed by atoms with E-state index in [-0.39, 0.29) is 0 Å². The molecule has 150 valence electrons. The van der Waals surface area contributed by atoms with Crippen LogP contribution in [0.25, 0.3) is 10.9 Å². The van der Waals surface area contributed by atoms with Crippen molar-refractivity contribution in [3.63, 3.8) is 0 Å². The Kier molecular flexibility index (Phi) is 7.26. The second-order valence-corrected chi connectivity index (χ2v) is 6.43. The van der Waals surface area contributed by atoms with Crippen LogP contribution in [-0.2, 0) is 4.74 Å². The number of fused-ring (bicyclic) bond motifs is 1. The fourth-order valence-corrected chi connectivity index (χ4v) is 2.77. The van der Waals surface area contributed by atoms with Gasteiger partial charge in [0, 0.05) is 29.8 Å². The molecule has 6 heteroatoms. The van der Waals surface area contributed by atoms with Crippen LogP contribution < -0.4 is 14.8 Å². The van der Waals surface area contributed by atoms with Gasteiger partial charge < -0.3 is 19.5 Å². The van der Waals surface area contributed by atoms with Crippen LogP contribution in [0.5, 0.6) is 11.5 Å². The Morgan fingerprint density at radius 2 is 1.86 bits per heavy atom. The van der Waals surface area contributed by atoms with E-state index in [1.165, 1.54) is 6.33 Å². The van der Waals surface area contributed by atoms with Gasteiger partial charge in [0.2, 0.25) is 0 Å². The Morgan fingerprint density at radius 3 is 2.66 bits per heavy atom. The number of benzene rings is 2. The molecule has 0 unspecified atom stereocenters. The number of methoxy groups -OCH3 is 1. The largest absolute Gasteiger partial charge is 0.490 e. The van der Waals surface area contributed by atoms with Crippen molar-refractivity contribution in [2.24, 2.45) is 0 Å².